The highest BCUT2D eigenvalue weighted by Crippen LogP contribution is 2.48. The Morgan fingerprint density at radius 3 is 2.50 bits per heavy atom. The number of aliphatic imine (C=N–C) groups is 1. The van der Waals surface area contributed by atoms with Crippen molar-refractivity contribution in [2.45, 2.75) is 26.3 Å². The van der Waals surface area contributed by atoms with Gasteiger partial charge in [-0.1, -0.05) is 71.9 Å². The van der Waals surface area contributed by atoms with Crippen molar-refractivity contribution in [1.82, 2.24) is 9.80 Å². The minimum atomic E-state index is -0.587. The second-order valence-corrected chi connectivity index (χ2v) is 9.09. The number of rotatable bonds is 7. The third-order valence-corrected chi connectivity index (χ3v) is 7.02. The number of thioether (sulfide) groups is 1. The molecule has 2 aromatic carbocycles. The first-order valence-electron chi connectivity index (χ1n) is 11.1. The predicted octanol–water partition coefficient (Wildman–Crippen LogP) is 5.48. The Labute approximate surface area is 208 Å². The highest BCUT2D eigenvalue weighted by atomic mass is 35.5. The standard InChI is InChI=1S/C26H26ClN3O3S/c1-4-29(3)21(31)15-18-16-34-26-28-23(17-11-7-6-8-12-17)22(25(32)33-5-2)24(30(18)26)19-13-9-10-14-20(19)27/h6-14,16,24H,4-5,15H2,1-3H3/t24-/m0/s1. The van der Waals surface area contributed by atoms with E-state index in [0.29, 0.717) is 28.0 Å². The molecule has 1 atom stereocenters. The van der Waals surface area contributed by atoms with Crippen LogP contribution < -0.4 is 0 Å². The van der Waals surface area contributed by atoms with Crippen molar-refractivity contribution in [2.75, 3.05) is 20.2 Å². The number of fused-ring (bicyclic) bond motifs is 1. The Balaban J connectivity index is 1.91. The van der Waals surface area contributed by atoms with Crippen molar-refractivity contribution < 1.29 is 14.3 Å². The summed E-state index contributed by atoms with van der Waals surface area (Å²) in [5.41, 5.74) is 3.28. The van der Waals surface area contributed by atoms with E-state index in [1.165, 1.54) is 11.8 Å². The molecule has 0 saturated heterocycles. The van der Waals surface area contributed by atoms with E-state index in [-0.39, 0.29) is 18.9 Å². The average molecular weight is 496 g/mol. The molecular weight excluding hydrogens is 470 g/mol. The number of nitrogens with zero attached hydrogens (tertiary/aromatic N) is 3. The SMILES string of the molecule is CCOC(=O)C1=C(c2ccccc2)N=C2SC=C(CC(=O)N(C)CC)N2[C@H]1c1ccccc1Cl. The first kappa shape index (κ1) is 24.1. The maximum atomic E-state index is 13.4. The van der Waals surface area contributed by atoms with Crippen LogP contribution in [-0.4, -0.2) is 47.0 Å². The van der Waals surface area contributed by atoms with E-state index in [2.05, 4.69) is 0 Å². The minimum Gasteiger partial charge on any atom is -0.463 e. The number of hydrogen-bond acceptors (Lipinski definition) is 6. The van der Waals surface area contributed by atoms with Crippen LogP contribution in [0.4, 0.5) is 0 Å². The lowest BCUT2D eigenvalue weighted by atomic mass is 9.91. The third kappa shape index (κ3) is 4.63. The second-order valence-electron chi connectivity index (χ2n) is 7.85. The quantitative estimate of drug-likeness (QED) is 0.476. The second kappa shape index (κ2) is 10.5. The van der Waals surface area contributed by atoms with E-state index >= 15 is 0 Å². The molecule has 0 aromatic heterocycles. The first-order chi connectivity index (χ1) is 16.5. The summed E-state index contributed by atoms with van der Waals surface area (Å²) in [7, 11) is 1.78. The molecule has 0 saturated carbocycles. The molecule has 2 aliphatic rings. The molecule has 0 N–H and O–H groups in total. The Morgan fingerprint density at radius 2 is 1.82 bits per heavy atom. The summed E-state index contributed by atoms with van der Waals surface area (Å²) >= 11 is 8.11. The predicted molar refractivity (Wildman–Crippen MR) is 137 cm³/mol. The van der Waals surface area contributed by atoms with Crippen LogP contribution in [0.5, 0.6) is 0 Å². The van der Waals surface area contributed by atoms with Gasteiger partial charge in [0.25, 0.3) is 0 Å². The van der Waals surface area contributed by atoms with Crippen molar-refractivity contribution in [3.05, 3.63) is 87.4 Å². The third-order valence-electron chi connectivity index (χ3n) is 5.78. The van der Waals surface area contributed by atoms with Gasteiger partial charge in [0.15, 0.2) is 5.17 Å². The van der Waals surface area contributed by atoms with Gasteiger partial charge in [-0.2, -0.15) is 0 Å². The van der Waals surface area contributed by atoms with Crippen LogP contribution in [0.3, 0.4) is 0 Å². The summed E-state index contributed by atoms with van der Waals surface area (Å²) in [5, 5.41) is 3.15. The maximum absolute atomic E-state index is 13.4. The zero-order valence-corrected chi connectivity index (χ0v) is 20.9. The first-order valence-corrected chi connectivity index (χ1v) is 12.4. The normalized spacial score (nSPS) is 17.2. The zero-order chi connectivity index (χ0) is 24.2. The van der Waals surface area contributed by atoms with Crippen molar-refractivity contribution in [1.29, 1.82) is 0 Å². The van der Waals surface area contributed by atoms with E-state index in [9.17, 15) is 9.59 Å². The molecule has 0 unspecified atom stereocenters. The van der Waals surface area contributed by atoms with Crippen LogP contribution in [0.2, 0.25) is 5.02 Å². The number of hydrogen-bond donors (Lipinski definition) is 0. The molecule has 6 nitrogen and oxygen atoms in total. The van der Waals surface area contributed by atoms with Gasteiger partial charge >= 0.3 is 5.97 Å². The summed E-state index contributed by atoms with van der Waals surface area (Å²) in [5.74, 6) is -0.466. The van der Waals surface area contributed by atoms with Crippen molar-refractivity contribution in [3.63, 3.8) is 0 Å². The van der Waals surface area contributed by atoms with Crippen LogP contribution in [0.25, 0.3) is 5.70 Å². The van der Waals surface area contributed by atoms with Crippen LogP contribution in [0.15, 0.2) is 76.3 Å². The van der Waals surface area contributed by atoms with Gasteiger partial charge in [0.1, 0.15) is 0 Å². The number of ether oxygens (including phenoxy) is 1. The van der Waals surface area contributed by atoms with Gasteiger partial charge in [-0.05, 0) is 30.9 Å². The van der Waals surface area contributed by atoms with Gasteiger partial charge in [0.2, 0.25) is 5.91 Å². The molecule has 2 heterocycles. The van der Waals surface area contributed by atoms with Crippen molar-refractivity contribution in [3.8, 4) is 0 Å². The fourth-order valence-electron chi connectivity index (χ4n) is 3.95. The molecule has 1 amide bonds. The van der Waals surface area contributed by atoms with Gasteiger partial charge < -0.3 is 14.5 Å². The van der Waals surface area contributed by atoms with E-state index in [0.717, 1.165) is 16.8 Å². The minimum absolute atomic E-state index is 0.0102. The number of benzene rings is 2. The maximum Gasteiger partial charge on any atom is 0.338 e. The molecule has 4 rings (SSSR count). The summed E-state index contributed by atoms with van der Waals surface area (Å²) in [4.78, 5) is 34.7. The lowest BCUT2D eigenvalue weighted by molar-refractivity contribution is -0.139. The molecule has 0 radical (unpaired) electrons. The molecule has 176 valence electrons. The smallest absolute Gasteiger partial charge is 0.338 e. The van der Waals surface area contributed by atoms with Gasteiger partial charge in [0, 0.05) is 29.9 Å². The van der Waals surface area contributed by atoms with Crippen LogP contribution in [0, 0.1) is 0 Å². The lowest BCUT2D eigenvalue weighted by Gasteiger charge is -2.37. The monoisotopic (exact) mass is 495 g/mol. The Bertz CT molecular complexity index is 1190. The Kier molecular flexibility index (Phi) is 7.44. The molecule has 8 heteroatoms. The summed E-state index contributed by atoms with van der Waals surface area (Å²) in [6, 6.07) is 16.4. The number of carbonyl (C=O) groups excluding carboxylic acids is 2. The largest absolute Gasteiger partial charge is 0.463 e. The van der Waals surface area contributed by atoms with Gasteiger partial charge in [-0.25, -0.2) is 9.79 Å². The highest BCUT2D eigenvalue weighted by molar-refractivity contribution is 8.16. The number of amidine groups is 1. The lowest BCUT2D eigenvalue weighted by Crippen LogP contribution is -2.38. The number of halogens is 1. The Hall–Kier alpha value is -3.03. The van der Waals surface area contributed by atoms with Crippen molar-refractivity contribution in [2.24, 2.45) is 4.99 Å². The van der Waals surface area contributed by atoms with Gasteiger partial charge in [-0.3, -0.25) is 4.79 Å². The average Bonchev–Trinajstić information content (AvgIpc) is 3.25. The summed E-state index contributed by atoms with van der Waals surface area (Å²) in [6.45, 7) is 4.55. The topological polar surface area (TPSA) is 62.2 Å². The van der Waals surface area contributed by atoms with E-state index in [1.807, 2.05) is 65.8 Å². The summed E-state index contributed by atoms with van der Waals surface area (Å²) in [6.07, 6.45) is 0.189. The highest BCUT2D eigenvalue weighted by Gasteiger charge is 2.43. The number of esters is 1. The van der Waals surface area contributed by atoms with E-state index in [1.54, 1.807) is 24.9 Å². The molecule has 0 spiro atoms. The Morgan fingerprint density at radius 1 is 1.12 bits per heavy atom. The molecule has 0 aliphatic carbocycles. The molecule has 0 fully saturated rings. The fourth-order valence-corrected chi connectivity index (χ4v) is 5.10. The molecular formula is C26H26ClN3O3S. The van der Waals surface area contributed by atoms with Crippen LogP contribution in [-0.2, 0) is 14.3 Å². The fraction of sp³-hybridized carbons (Fsp3) is 0.269. The zero-order valence-electron chi connectivity index (χ0n) is 19.3. The molecule has 0 bridgehead atoms. The molecule has 34 heavy (non-hydrogen) atoms. The molecule has 2 aliphatic heterocycles. The van der Waals surface area contributed by atoms with E-state index < -0.39 is 12.0 Å². The van der Waals surface area contributed by atoms with Crippen molar-refractivity contribution >= 4 is 46.1 Å². The number of carbonyl (C=O) groups is 2. The molecule has 2 aromatic rings. The number of amides is 1. The van der Waals surface area contributed by atoms with Gasteiger partial charge in [0.05, 0.1) is 30.3 Å². The van der Waals surface area contributed by atoms with Crippen LogP contribution >= 0.6 is 23.4 Å². The van der Waals surface area contributed by atoms with E-state index in [4.69, 9.17) is 21.3 Å². The van der Waals surface area contributed by atoms with Crippen LogP contribution in [0.1, 0.15) is 37.4 Å². The summed E-state index contributed by atoms with van der Waals surface area (Å²) < 4.78 is 5.51. The van der Waals surface area contributed by atoms with Gasteiger partial charge in [-0.15, -0.1) is 0 Å².